The van der Waals surface area contributed by atoms with E-state index in [0.717, 1.165) is 11.1 Å². The first-order valence-corrected chi connectivity index (χ1v) is 13.0. The van der Waals surface area contributed by atoms with E-state index in [-0.39, 0.29) is 6.61 Å². The number of para-hydroxylation sites is 1. The number of halogens is 3. The lowest BCUT2D eigenvalue weighted by Gasteiger charge is -2.13. The number of methoxy groups -OCH3 is 1. The van der Waals surface area contributed by atoms with Gasteiger partial charge in [-0.2, -0.15) is 5.10 Å². The number of nitrogens with one attached hydrogen (secondary N) is 1. The smallest absolute Gasteiger partial charge is 0.275 e. The lowest BCUT2D eigenvalue weighted by Crippen LogP contribution is -2.18. The number of hydrogen-bond acceptors (Lipinski definition) is 5. The number of nitrogens with zero attached hydrogens (tertiary/aromatic N) is 1. The molecule has 194 valence electrons. The third kappa shape index (κ3) is 7.28. The van der Waals surface area contributed by atoms with Crippen LogP contribution in [-0.4, -0.2) is 19.2 Å². The number of benzene rings is 4. The average Bonchev–Trinajstić information content (AvgIpc) is 2.92. The highest BCUT2D eigenvalue weighted by Gasteiger charge is 2.14. The van der Waals surface area contributed by atoms with Crippen molar-refractivity contribution in [1.29, 1.82) is 0 Å². The Kier molecular flexibility index (Phi) is 9.65. The fourth-order valence-electron chi connectivity index (χ4n) is 3.47. The standard InChI is InChI=1S/C29H23BrCl2N2O4/c1-36-27-15-20(14-24(30)28(27)38-17-19-10-12-22(31)13-11-19)16-33-34-29(35)23-7-3-5-9-26(23)37-18-21-6-2-4-8-25(21)32/h2-16H,17-18H2,1H3,(H,34,35)/b33-16+. The van der Waals surface area contributed by atoms with Gasteiger partial charge in [-0.1, -0.05) is 65.7 Å². The van der Waals surface area contributed by atoms with E-state index in [1.54, 1.807) is 43.5 Å². The minimum absolute atomic E-state index is 0.230. The molecule has 4 aromatic carbocycles. The number of hydrazone groups is 1. The van der Waals surface area contributed by atoms with E-state index in [2.05, 4.69) is 26.5 Å². The molecule has 1 N–H and O–H groups in total. The van der Waals surface area contributed by atoms with Crippen LogP contribution < -0.4 is 19.6 Å². The number of rotatable bonds is 10. The SMILES string of the molecule is COc1cc(/C=N/NC(=O)c2ccccc2OCc2ccccc2Cl)cc(Br)c1OCc1ccc(Cl)cc1. The first kappa shape index (κ1) is 27.5. The molecule has 0 aliphatic heterocycles. The third-order valence-electron chi connectivity index (χ3n) is 5.40. The summed E-state index contributed by atoms with van der Waals surface area (Å²) in [6.45, 7) is 0.571. The zero-order valence-corrected chi connectivity index (χ0v) is 23.4. The molecule has 0 atom stereocenters. The van der Waals surface area contributed by atoms with Crippen molar-refractivity contribution in [3.8, 4) is 17.2 Å². The van der Waals surface area contributed by atoms with Crippen molar-refractivity contribution in [3.63, 3.8) is 0 Å². The summed E-state index contributed by atoms with van der Waals surface area (Å²) < 4.78 is 18.0. The quantitative estimate of drug-likeness (QED) is 0.147. The van der Waals surface area contributed by atoms with Crippen LogP contribution in [0.4, 0.5) is 0 Å². The zero-order chi connectivity index (χ0) is 26.9. The predicted octanol–water partition coefficient (Wildman–Crippen LogP) is 7.69. The fraction of sp³-hybridized carbons (Fsp3) is 0.103. The molecule has 0 heterocycles. The molecule has 0 aromatic heterocycles. The summed E-state index contributed by atoms with van der Waals surface area (Å²) in [5.41, 5.74) is 5.37. The van der Waals surface area contributed by atoms with Gasteiger partial charge in [-0.15, -0.1) is 0 Å². The molecule has 0 aliphatic rings. The van der Waals surface area contributed by atoms with E-state index in [9.17, 15) is 4.79 Å². The summed E-state index contributed by atoms with van der Waals surface area (Å²) >= 11 is 15.7. The third-order valence-corrected chi connectivity index (χ3v) is 6.61. The van der Waals surface area contributed by atoms with Gasteiger partial charge in [-0.3, -0.25) is 4.79 Å². The van der Waals surface area contributed by atoms with Crippen molar-refractivity contribution in [1.82, 2.24) is 5.43 Å². The van der Waals surface area contributed by atoms with Crippen LogP contribution in [0.1, 0.15) is 27.0 Å². The zero-order valence-electron chi connectivity index (χ0n) is 20.3. The maximum atomic E-state index is 12.8. The van der Waals surface area contributed by atoms with Gasteiger partial charge in [0.2, 0.25) is 0 Å². The highest BCUT2D eigenvalue weighted by atomic mass is 79.9. The highest BCUT2D eigenvalue weighted by molar-refractivity contribution is 9.10. The molecule has 0 spiro atoms. The summed E-state index contributed by atoms with van der Waals surface area (Å²) in [6, 6.07) is 25.3. The van der Waals surface area contributed by atoms with Crippen LogP contribution in [-0.2, 0) is 13.2 Å². The number of carbonyl (C=O) groups excluding carboxylic acids is 1. The van der Waals surface area contributed by atoms with E-state index in [4.69, 9.17) is 37.4 Å². The van der Waals surface area contributed by atoms with Crippen molar-refractivity contribution in [2.45, 2.75) is 13.2 Å². The van der Waals surface area contributed by atoms with Crippen LogP contribution >= 0.6 is 39.1 Å². The Labute approximate surface area is 239 Å². The molecule has 4 aromatic rings. The molecule has 0 radical (unpaired) electrons. The second-order valence-corrected chi connectivity index (χ2v) is 9.72. The van der Waals surface area contributed by atoms with Crippen molar-refractivity contribution >= 4 is 51.3 Å². The Morgan fingerprint density at radius 2 is 1.66 bits per heavy atom. The van der Waals surface area contributed by atoms with Gasteiger partial charge in [0.05, 0.1) is 23.4 Å². The normalized spacial score (nSPS) is 10.8. The van der Waals surface area contributed by atoms with Crippen LogP contribution in [0.2, 0.25) is 10.0 Å². The van der Waals surface area contributed by atoms with E-state index < -0.39 is 5.91 Å². The first-order valence-electron chi connectivity index (χ1n) is 11.5. The van der Waals surface area contributed by atoms with E-state index in [0.29, 0.717) is 49.5 Å². The van der Waals surface area contributed by atoms with Crippen molar-refractivity contribution < 1.29 is 19.0 Å². The summed E-state index contributed by atoms with van der Waals surface area (Å²) in [5.74, 6) is 1.07. The van der Waals surface area contributed by atoms with Crippen molar-refractivity contribution in [2.24, 2.45) is 5.10 Å². The van der Waals surface area contributed by atoms with Gasteiger partial charge < -0.3 is 14.2 Å². The molecule has 6 nitrogen and oxygen atoms in total. The molecule has 0 aliphatic carbocycles. The second-order valence-electron chi connectivity index (χ2n) is 8.02. The van der Waals surface area contributed by atoms with Gasteiger partial charge >= 0.3 is 0 Å². The molecule has 0 saturated carbocycles. The number of hydrogen-bond donors (Lipinski definition) is 1. The Morgan fingerprint density at radius 3 is 2.42 bits per heavy atom. The van der Waals surface area contributed by atoms with Gasteiger partial charge in [0.25, 0.3) is 5.91 Å². The maximum Gasteiger partial charge on any atom is 0.275 e. The summed E-state index contributed by atoms with van der Waals surface area (Å²) in [7, 11) is 1.55. The number of carbonyl (C=O) groups is 1. The van der Waals surface area contributed by atoms with Gasteiger partial charge in [0.15, 0.2) is 11.5 Å². The molecular weight excluding hydrogens is 591 g/mol. The Hall–Kier alpha value is -3.52. The van der Waals surface area contributed by atoms with Gasteiger partial charge in [-0.05, 0) is 69.5 Å². The first-order chi connectivity index (χ1) is 18.4. The minimum Gasteiger partial charge on any atom is -0.493 e. The van der Waals surface area contributed by atoms with Gasteiger partial charge in [0, 0.05) is 15.6 Å². The van der Waals surface area contributed by atoms with Gasteiger partial charge in [-0.25, -0.2) is 5.43 Å². The largest absolute Gasteiger partial charge is 0.493 e. The molecule has 9 heteroatoms. The summed E-state index contributed by atoms with van der Waals surface area (Å²) in [4.78, 5) is 12.8. The molecule has 0 fully saturated rings. The van der Waals surface area contributed by atoms with E-state index in [1.165, 1.54) is 6.21 Å². The molecule has 0 bridgehead atoms. The van der Waals surface area contributed by atoms with Crippen LogP contribution in [0.25, 0.3) is 0 Å². The number of amides is 1. The minimum atomic E-state index is -0.412. The Balaban J connectivity index is 1.41. The Morgan fingerprint density at radius 1 is 0.921 bits per heavy atom. The number of ether oxygens (including phenoxy) is 3. The van der Waals surface area contributed by atoms with E-state index in [1.807, 2.05) is 48.5 Å². The molecule has 4 rings (SSSR count). The van der Waals surface area contributed by atoms with Gasteiger partial charge in [0.1, 0.15) is 19.0 Å². The van der Waals surface area contributed by atoms with Crippen LogP contribution in [0.3, 0.4) is 0 Å². The molecule has 1 amide bonds. The molecule has 0 saturated heterocycles. The average molecular weight is 614 g/mol. The van der Waals surface area contributed by atoms with Crippen LogP contribution in [0.15, 0.2) is 94.5 Å². The van der Waals surface area contributed by atoms with Crippen molar-refractivity contribution in [3.05, 3.63) is 122 Å². The fourth-order valence-corrected chi connectivity index (χ4v) is 4.36. The summed E-state index contributed by atoms with van der Waals surface area (Å²) in [5, 5.41) is 5.37. The Bertz CT molecular complexity index is 1450. The summed E-state index contributed by atoms with van der Waals surface area (Å²) in [6.07, 6.45) is 1.52. The highest BCUT2D eigenvalue weighted by Crippen LogP contribution is 2.37. The second kappa shape index (κ2) is 13.3. The lowest BCUT2D eigenvalue weighted by atomic mass is 10.2. The maximum absolute atomic E-state index is 12.8. The van der Waals surface area contributed by atoms with E-state index >= 15 is 0 Å². The topological polar surface area (TPSA) is 69.2 Å². The van der Waals surface area contributed by atoms with Crippen LogP contribution in [0.5, 0.6) is 17.2 Å². The van der Waals surface area contributed by atoms with Crippen molar-refractivity contribution in [2.75, 3.05) is 7.11 Å². The molecule has 0 unspecified atom stereocenters. The molecule has 38 heavy (non-hydrogen) atoms. The predicted molar refractivity (Wildman–Crippen MR) is 154 cm³/mol. The molecular formula is C29H23BrCl2N2O4. The van der Waals surface area contributed by atoms with Crippen LogP contribution in [0, 0.1) is 0 Å². The monoisotopic (exact) mass is 612 g/mol. The lowest BCUT2D eigenvalue weighted by molar-refractivity contribution is 0.0950.